The van der Waals surface area contributed by atoms with Gasteiger partial charge in [-0.25, -0.2) is 0 Å². The topological polar surface area (TPSA) is 130 Å². The number of nitrogens with zero attached hydrogens (tertiary/aromatic N) is 1. The van der Waals surface area contributed by atoms with Crippen molar-refractivity contribution in [3.05, 3.63) is 29.8 Å². The molecule has 0 aromatic heterocycles. The van der Waals surface area contributed by atoms with Gasteiger partial charge < -0.3 is 20.2 Å². The lowest BCUT2D eigenvalue weighted by Crippen LogP contribution is -2.39. The number of para-hydroxylation sites is 1. The average molecular weight is 304 g/mol. The lowest BCUT2D eigenvalue weighted by atomic mass is 10.2. The summed E-state index contributed by atoms with van der Waals surface area (Å²) in [4.78, 5) is 29.0. The van der Waals surface area contributed by atoms with Gasteiger partial charge in [0.15, 0.2) is 5.85 Å². The van der Waals surface area contributed by atoms with Crippen molar-refractivity contribution < 1.29 is 29.5 Å². The molecule has 0 radical (unpaired) electrons. The Morgan fingerprint density at radius 1 is 1.40 bits per heavy atom. The lowest BCUT2D eigenvalue weighted by Gasteiger charge is -2.18. The van der Waals surface area contributed by atoms with Crippen molar-refractivity contribution in [2.75, 3.05) is 18.2 Å². The van der Waals surface area contributed by atoms with Crippen LogP contribution in [0.15, 0.2) is 24.3 Å². The largest absolute Gasteiger partial charge is 0.379 e. The summed E-state index contributed by atoms with van der Waals surface area (Å²) in [5.74, 6) is -2.60. The van der Waals surface area contributed by atoms with Crippen LogP contribution in [-0.2, 0) is 9.36 Å². The van der Waals surface area contributed by atoms with Crippen molar-refractivity contribution in [1.82, 2.24) is 5.32 Å². The maximum Gasteiger partial charge on any atom is 0.355 e. The second-order valence-electron chi connectivity index (χ2n) is 4.19. The Kier molecular flexibility index (Phi) is 5.82. The minimum atomic E-state index is -4.60. The Bertz CT molecular complexity index is 517. The monoisotopic (exact) mass is 304 g/mol. The summed E-state index contributed by atoms with van der Waals surface area (Å²) < 4.78 is 10.7. The summed E-state index contributed by atoms with van der Waals surface area (Å²) in [5.41, 5.74) is 1.01. The van der Waals surface area contributed by atoms with Crippen LogP contribution < -0.4 is 10.4 Å². The molecule has 0 fully saturated rings. The predicted molar refractivity (Wildman–Crippen MR) is 71.4 cm³/mol. The van der Waals surface area contributed by atoms with Crippen LogP contribution in [-0.4, -0.2) is 44.9 Å². The Balaban J connectivity index is 2.52. The molecule has 0 aliphatic heterocycles. The number of carbonyl (C=O) groups excluding carboxylic acids is 1. The summed E-state index contributed by atoms with van der Waals surface area (Å²) in [5, 5.41) is 21.6. The zero-order chi connectivity index (χ0) is 15.3. The van der Waals surface area contributed by atoms with Crippen LogP contribution in [0.25, 0.3) is 0 Å². The Labute approximate surface area is 115 Å². The molecule has 1 amide bonds. The molecule has 0 spiro atoms. The van der Waals surface area contributed by atoms with Crippen LogP contribution in [0.2, 0.25) is 0 Å². The number of anilines is 1. The van der Waals surface area contributed by atoms with Gasteiger partial charge in [-0.2, -0.15) is 5.06 Å². The smallest absolute Gasteiger partial charge is 0.355 e. The Hall–Kier alpha value is -1.28. The van der Waals surface area contributed by atoms with Crippen LogP contribution in [0.1, 0.15) is 5.56 Å². The number of nitrogens with one attached hydrogen (secondary N) is 1. The van der Waals surface area contributed by atoms with E-state index in [2.05, 4.69) is 5.32 Å². The van der Waals surface area contributed by atoms with Gasteiger partial charge >= 0.3 is 7.60 Å². The summed E-state index contributed by atoms with van der Waals surface area (Å²) in [6, 6.07) is 6.68. The highest BCUT2D eigenvalue weighted by Crippen LogP contribution is 2.38. The van der Waals surface area contributed by atoms with Crippen LogP contribution in [0, 0.1) is 6.92 Å². The normalized spacial score (nSPS) is 13.1. The number of aliphatic hydroxyl groups is 1. The highest BCUT2D eigenvalue weighted by molar-refractivity contribution is 7.52. The van der Waals surface area contributed by atoms with Crippen LogP contribution in [0.3, 0.4) is 0 Å². The van der Waals surface area contributed by atoms with Crippen molar-refractivity contribution in [3.8, 4) is 0 Å². The molecule has 1 aromatic carbocycles. The number of hydrogen-bond acceptors (Lipinski definition) is 5. The molecule has 0 saturated carbocycles. The van der Waals surface area contributed by atoms with Gasteiger partial charge in [0.05, 0.1) is 12.2 Å². The first-order valence-electron chi connectivity index (χ1n) is 5.75. The fourth-order valence-electron chi connectivity index (χ4n) is 1.44. The number of hydrogen-bond donors (Lipinski definition) is 5. The first kappa shape index (κ1) is 16.8. The van der Waals surface area contributed by atoms with Crippen molar-refractivity contribution >= 4 is 19.2 Å². The van der Waals surface area contributed by atoms with Gasteiger partial charge in [-0.05, 0) is 18.6 Å². The highest BCUT2D eigenvalue weighted by atomic mass is 31.2. The van der Waals surface area contributed by atoms with E-state index >= 15 is 0 Å². The molecule has 0 saturated heterocycles. The van der Waals surface area contributed by atoms with E-state index in [9.17, 15) is 14.6 Å². The number of aliphatic hydroxyl groups excluding tert-OH is 1. The van der Waals surface area contributed by atoms with E-state index < -0.39 is 25.9 Å². The van der Waals surface area contributed by atoms with Gasteiger partial charge in [0.1, 0.15) is 0 Å². The molecule has 5 N–H and O–H groups in total. The van der Waals surface area contributed by atoms with Gasteiger partial charge in [-0.1, -0.05) is 18.2 Å². The minimum absolute atomic E-state index is 0.315. The van der Waals surface area contributed by atoms with Gasteiger partial charge in [-0.3, -0.25) is 14.6 Å². The fraction of sp³-hybridized carbons (Fsp3) is 0.364. The van der Waals surface area contributed by atoms with E-state index in [-0.39, 0.29) is 6.54 Å². The van der Waals surface area contributed by atoms with Gasteiger partial charge in [0.25, 0.3) is 5.91 Å². The SMILES string of the molecule is Cc1ccccc1N(O)C(=O)CNCC(O)P(=O)(O)O. The van der Waals surface area contributed by atoms with E-state index in [0.29, 0.717) is 16.3 Å². The molecule has 9 heteroatoms. The minimum Gasteiger partial charge on any atom is -0.379 e. The first-order valence-corrected chi connectivity index (χ1v) is 7.43. The van der Waals surface area contributed by atoms with E-state index in [4.69, 9.17) is 14.9 Å². The maximum absolute atomic E-state index is 11.7. The Morgan fingerprint density at radius 2 is 2.00 bits per heavy atom. The van der Waals surface area contributed by atoms with E-state index in [1.54, 1.807) is 31.2 Å². The number of aryl methyl sites for hydroxylation is 1. The predicted octanol–water partition coefficient (Wildman–Crippen LogP) is -0.197. The zero-order valence-electron chi connectivity index (χ0n) is 10.8. The van der Waals surface area contributed by atoms with E-state index in [0.717, 1.165) is 0 Å². The van der Waals surface area contributed by atoms with Crippen LogP contribution >= 0.6 is 7.60 Å². The summed E-state index contributed by atoms with van der Waals surface area (Å²) >= 11 is 0. The third-order valence-corrected chi connectivity index (χ3v) is 3.53. The Morgan fingerprint density at radius 3 is 2.55 bits per heavy atom. The number of benzene rings is 1. The van der Waals surface area contributed by atoms with E-state index in [1.807, 2.05) is 0 Å². The molecule has 1 atom stereocenters. The fourth-order valence-corrected chi connectivity index (χ4v) is 1.80. The number of hydroxylamine groups is 1. The zero-order valence-corrected chi connectivity index (χ0v) is 11.7. The molecule has 0 aliphatic rings. The molecule has 0 bridgehead atoms. The molecule has 20 heavy (non-hydrogen) atoms. The third-order valence-electron chi connectivity index (χ3n) is 2.57. The molecule has 1 rings (SSSR count). The molecule has 0 aliphatic carbocycles. The van der Waals surface area contributed by atoms with E-state index in [1.165, 1.54) is 0 Å². The standard InChI is InChI=1S/C11H17N2O6P/c1-8-4-2-3-5-9(8)13(16)10(14)6-12-7-11(15)20(17,18)19/h2-5,11-12,15-16H,6-7H2,1H3,(H2,17,18,19). The van der Waals surface area contributed by atoms with Crippen molar-refractivity contribution in [1.29, 1.82) is 0 Å². The number of amides is 1. The van der Waals surface area contributed by atoms with Gasteiger partial charge in [0.2, 0.25) is 0 Å². The van der Waals surface area contributed by atoms with Crippen molar-refractivity contribution in [2.24, 2.45) is 0 Å². The maximum atomic E-state index is 11.7. The average Bonchev–Trinajstić information content (AvgIpc) is 2.37. The number of carbonyl (C=O) groups is 1. The van der Waals surface area contributed by atoms with Gasteiger partial charge in [0, 0.05) is 6.54 Å². The second-order valence-corrected chi connectivity index (χ2v) is 5.97. The lowest BCUT2D eigenvalue weighted by molar-refractivity contribution is -0.122. The third kappa shape index (κ3) is 4.68. The molecule has 8 nitrogen and oxygen atoms in total. The molecule has 1 unspecified atom stereocenters. The summed E-state index contributed by atoms with van der Waals surface area (Å²) in [6.07, 6.45) is 0. The van der Waals surface area contributed by atoms with Crippen molar-refractivity contribution in [3.63, 3.8) is 0 Å². The van der Waals surface area contributed by atoms with Crippen molar-refractivity contribution in [2.45, 2.75) is 12.8 Å². The molecule has 1 aromatic rings. The molecule has 112 valence electrons. The molecular formula is C11H17N2O6P. The quantitative estimate of drug-likeness (QED) is 0.279. The highest BCUT2D eigenvalue weighted by Gasteiger charge is 2.26. The van der Waals surface area contributed by atoms with Gasteiger partial charge in [-0.15, -0.1) is 0 Å². The molecular weight excluding hydrogens is 287 g/mol. The molecule has 0 heterocycles. The summed E-state index contributed by atoms with van der Waals surface area (Å²) in [6.45, 7) is 0.885. The second kappa shape index (κ2) is 6.94. The first-order chi connectivity index (χ1) is 9.23. The summed E-state index contributed by atoms with van der Waals surface area (Å²) in [7, 11) is -4.60. The number of rotatable bonds is 6. The van der Waals surface area contributed by atoms with Crippen LogP contribution in [0.4, 0.5) is 5.69 Å². The van der Waals surface area contributed by atoms with Crippen LogP contribution in [0.5, 0.6) is 0 Å².